The van der Waals surface area contributed by atoms with Gasteiger partial charge in [-0.15, -0.1) is 0 Å². The Morgan fingerprint density at radius 3 is 2.20 bits per heavy atom. The number of hydrogen-bond acceptors (Lipinski definition) is 2. The van der Waals surface area contributed by atoms with Crippen LogP contribution >= 0.6 is 0 Å². The summed E-state index contributed by atoms with van der Waals surface area (Å²) in [7, 11) is 0. The van der Waals surface area contributed by atoms with E-state index < -0.39 is 12.0 Å². The van der Waals surface area contributed by atoms with Crippen molar-refractivity contribution >= 4 is 57.4 Å². The Hall–Kier alpha value is 1.07. The van der Waals surface area contributed by atoms with Gasteiger partial charge in [0.25, 0.3) is 0 Å². The van der Waals surface area contributed by atoms with Gasteiger partial charge in [-0.25, -0.2) is 0 Å². The van der Waals surface area contributed by atoms with Crippen LogP contribution in [0.25, 0.3) is 0 Å². The van der Waals surface area contributed by atoms with Crippen LogP contribution in [0.5, 0.6) is 0 Å². The molecular formula is C6H13KNO2. The number of carboxylic acid groups (broad SMARTS) is 1. The Morgan fingerprint density at radius 2 is 2.10 bits per heavy atom. The van der Waals surface area contributed by atoms with Gasteiger partial charge in [-0.2, -0.15) is 0 Å². The summed E-state index contributed by atoms with van der Waals surface area (Å²) in [6.07, 6.45) is 0.813. The molecule has 2 atom stereocenters. The predicted octanol–water partition coefficient (Wildman–Crippen LogP) is 0.0636. The van der Waals surface area contributed by atoms with Crippen LogP contribution in [0.1, 0.15) is 20.3 Å². The van der Waals surface area contributed by atoms with E-state index in [1.54, 1.807) is 0 Å². The Kier molecular flexibility index (Phi) is 9.22. The van der Waals surface area contributed by atoms with Crippen LogP contribution in [-0.4, -0.2) is 68.5 Å². The fourth-order valence-electron chi connectivity index (χ4n) is 0.497. The molecule has 0 unspecified atom stereocenters. The van der Waals surface area contributed by atoms with Crippen molar-refractivity contribution in [2.75, 3.05) is 0 Å². The molecule has 0 aliphatic heterocycles. The molecule has 0 aliphatic rings. The molecule has 0 rings (SSSR count). The summed E-state index contributed by atoms with van der Waals surface area (Å²) in [5.74, 6) is -0.841. The first-order valence-electron chi connectivity index (χ1n) is 3.08. The quantitative estimate of drug-likeness (QED) is 0.589. The molecule has 0 aromatic carbocycles. The zero-order valence-electron chi connectivity index (χ0n) is 6.79. The van der Waals surface area contributed by atoms with Crippen molar-refractivity contribution in [1.82, 2.24) is 0 Å². The predicted molar refractivity (Wildman–Crippen MR) is 40.8 cm³/mol. The first-order chi connectivity index (χ1) is 4.09. The number of aliphatic carboxylic acids is 1. The minimum atomic E-state index is -0.913. The van der Waals surface area contributed by atoms with E-state index in [-0.39, 0.29) is 57.3 Å². The molecule has 0 heterocycles. The monoisotopic (exact) mass is 170 g/mol. The fraction of sp³-hybridized carbons (Fsp3) is 0.833. The SMILES string of the molecule is CC[C@H](C)[C@H](N)C(=O)O.[K]. The Morgan fingerprint density at radius 1 is 1.70 bits per heavy atom. The second-order valence-electron chi connectivity index (χ2n) is 2.25. The van der Waals surface area contributed by atoms with E-state index in [1.807, 2.05) is 13.8 Å². The third kappa shape index (κ3) is 4.82. The molecule has 0 amide bonds. The number of carbonyl (C=O) groups is 1. The molecule has 0 spiro atoms. The van der Waals surface area contributed by atoms with Crippen molar-refractivity contribution in [3.05, 3.63) is 0 Å². The maximum Gasteiger partial charge on any atom is 0.320 e. The summed E-state index contributed by atoms with van der Waals surface area (Å²) in [6, 6.07) is -0.699. The van der Waals surface area contributed by atoms with Crippen LogP contribution in [0.3, 0.4) is 0 Å². The van der Waals surface area contributed by atoms with Gasteiger partial charge < -0.3 is 10.8 Å². The number of rotatable bonds is 3. The van der Waals surface area contributed by atoms with E-state index in [1.165, 1.54) is 0 Å². The molecule has 0 aromatic rings. The van der Waals surface area contributed by atoms with Gasteiger partial charge in [0.2, 0.25) is 0 Å². The van der Waals surface area contributed by atoms with E-state index in [2.05, 4.69) is 0 Å². The van der Waals surface area contributed by atoms with E-state index in [9.17, 15) is 4.79 Å². The smallest absolute Gasteiger partial charge is 0.320 e. The molecule has 55 valence electrons. The second kappa shape index (κ2) is 6.76. The summed E-state index contributed by atoms with van der Waals surface area (Å²) >= 11 is 0. The normalized spacial score (nSPS) is 15.1. The minimum Gasteiger partial charge on any atom is -0.480 e. The van der Waals surface area contributed by atoms with Crippen molar-refractivity contribution in [2.24, 2.45) is 11.7 Å². The summed E-state index contributed by atoms with van der Waals surface area (Å²) in [4.78, 5) is 10.2. The third-order valence-corrected chi connectivity index (χ3v) is 1.54. The molecule has 0 saturated heterocycles. The molecule has 1 radical (unpaired) electrons. The van der Waals surface area contributed by atoms with Crippen LogP contribution < -0.4 is 5.73 Å². The molecule has 3 nitrogen and oxygen atoms in total. The molecular weight excluding hydrogens is 157 g/mol. The average Bonchev–Trinajstić information content (AvgIpc) is 1.84. The van der Waals surface area contributed by atoms with E-state index in [0.717, 1.165) is 6.42 Å². The van der Waals surface area contributed by atoms with Crippen molar-refractivity contribution < 1.29 is 9.90 Å². The number of carboxylic acids is 1. The first-order valence-corrected chi connectivity index (χ1v) is 3.08. The molecule has 10 heavy (non-hydrogen) atoms. The van der Waals surface area contributed by atoms with Gasteiger partial charge in [0.1, 0.15) is 6.04 Å². The summed E-state index contributed by atoms with van der Waals surface area (Å²) in [5, 5.41) is 8.36. The third-order valence-electron chi connectivity index (χ3n) is 1.54. The topological polar surface area (TPSA) is 63.3 Å². The van der Waals surface area contributed by atoms with Crippen molar-refractivity contribution in [3.63, 3.8) is 0 Å². The van der Waals surface area contributed by atoms with Gasteiger partial charge >= 0.3 is 5.97 Å². The van der Waals surface area contributed by atoms with Crippen LogP contribution in [0.2, 0.25) is 0 Å². The zero-order chi connectivity index (χ0) is 7.44. The Bertz CT molecular complexity index is 108. The average molecular weight is 170 g/mol. The Labute approximate surface area is 104 Å². The van der Waals surface area contributed by atoms with Gasteiger partial charge in [-0.05, 0) is 5.92 Å². The minimum absolute atomic E-state index is 0. The molecule has 0 aromatic heterocycles. The number of nitrogens with two attached hydrogens (primary N) is 1. The van der Waals surface area contributed by atoms with Gasteiger partial charge in [-0.1, -0.05) is 20.3 Å². The van der Waals surface area contributed by atoms with E-state index >= 15 is 0 Å². The number of hydrogen-bond donors (Lipinski definition) is 2. The van der Waals surface area contributed by atoms with E-state index in [0.29, 0.717) is 0 Å². The maximum atomic E-state index is 10.2. The van der Waals surface area contributed by atoms with Crippen molar-refractivity contribution in [3.8, 4) is 0 Å². The standard InChI is InChI=1S/C6H13NO2.K/c1-3-4(2)5(7)6(8)9;/h4-5H,3,7H2,1-2H3,(H,8,9);/t4-,5-;/m0./s1. The van der Waals surface area contributed by atoms with Gasteiger partial charge in [0, 0.05) is 51.4 Å². The van der Waals surface area contributed by atoms with Crippen LogP contribution in [0, 0.1) is 5.92 Å². The fourth-order valence-corrected chi connectivity index (χ4v) is 0.497. The molecule has 0 fully saturated rings. The Balaban J connectivity index is 0. The van der Waals surface area contributed by atoms with Gasteiger partial charge in [0.15, 0.2) is 0 Å². The molecule has 3 N–H and O–H groups in total. The largest absolute Gasteiger partial charge is 0.480 e. The first kappa shape index (κ1) is 13.6. The van der Waals surface area contributed by atoms with Gasteiger partial charge in [0.05, 0.1) is 0 Å². The summed E-state index contributed by atoms with van der Waals surface area (Å²) in [5.41, 5.74) is 5.27. The zero-order valence-corrected chi connectivity index (χ0v) is 9.92. The molecule has 0 saturated carbocycles. The van der Waals surface area contributed by atoms with Crippen molar-refractivity contribution in [1.29, 1.82) is 0 Å². The molecule has 4 heteroatoms. The van der Waals surface area contributed by atoms with Crippen LogP contribution in [0.15, 0.2) is 0 Å². The second-order valence-corrected chi connectivity index (χ2v) is 2.25. The summed E-state index contributed by atoms with van der Waals surface area (Å²) in [6.45, 7) is 3.76. The molecule has 0 bridgehead atoms. The van der Waals surface area contributed by atoms with Crippen LogP contribution in [-0.2, 0) is 4.79 Å². The van der Waals surface area contributed by atoms with Crippen LogP contribution in [0.4, 0.5) is 0 Å². The summed E-state index contributed by atoms with van der Waals surface area (Å²) < 4.78 is 0. The van der Waals surface area contributed by atoms with E-state index in [4.69, 9.17) is 10.8 Å². The maximum absolute atomic E-state index is 10.2. The van der Waals surface area contributed by atoms with Gasteiger partial charge in [-0.3, -0.25) is 4.79 Å². The van der Waals surface area contributed by atoms with Crippen molar-refractivity contribution in [2.45, 2.75) is 26.3 Å². The molecule has 0 aliphatic carbocycles.